The van der Waals surface area contributed by atoms with Gasteiger partial charge in [0.15, 0.2) is 0 Å². The molecule has 0 aliphatic carbocycles. The molecule has 31 heavy (non-hydrogen) atoms. The minimum Gasteiger partial charge on any atom is -0.372 e. The molecule has 0 bridgehead atoms. The Balaban J connectivity index is 1.35. The number of carbonyl (C=O) groups is 1. The fourth-order valence-corrected chi connectivity index (χ4v) is 4.90. The summed E-state index contributed by atoms with van der Waals surface area (Å²) in [6, 6.07) is 17.6. The number of hydrogen-bond donors (Lipinski definition) is 1. The number of thiophene rings is 1. The Hall–Kier alpha value is -3.45. The van der Waals surface area contributed by atoms with Crippen LogP contribution in [0.15, 0.2) is 71.1 Å². The lowest BCUT2D eigenvalue weighted by molar-refractivity contribution is -0.116. The molecule has 1 fully saturated rings. The van der Waals surface area contributed by atoms with Gasteiger partial charge in [0.05, 0.1) is 11.7 Å². The van der Waals surface area contributed by atoms with Crippen molar-refractivity contribution >= 4 is 38.8 Å². The first kappa shape index (κ1) is 19.5. The van der Waals surface area contributed by atoms with Crippen LogP contribution in [0.5, 0.6) is 0 Å². The van der Waals surface area contributed by atoms with Gasteiger partial charge < -0.3 is 10.2 Å². The van der Waals surface area contributed by atoms with E-state index in [1.807, 2.05) is 60.0 Å². The van der Waals surface area contributed by atoms with Gasteiger partial charge in [-0.3, -0.25) is 14.2 Å². The average Bonchev–Trinajstić information content (AvgIpc) is 3.47. The van der Waals surface area contributed by atoms with Crippen molar-refractivity contribution in [1.82, 2.24) is 9.55 Å². The number of fused-ring (bicyclic) bond motifs is 1. The Bertz CT molecular complexity index is 1270. The summed E-state index contributed by atoms with van der Waals surface area (Å²) < 4.78 is 1.37. The predicted molar refractivity (Wildman–Crippen MR) is 126 cm³/mol. The molecule has 6 nitrogen and oxygen atoms in total. The van der Waals surface area contributed by atoms with Gasteiger partial charge in [-0.25, -0.2) is 4.98 Å². The van der Waals surface area contributed by atoms with E-state index in [4.69, 9.17) is 0 Å². The molecule has 1 amide bonds. The molecular weight excluding hydrogens is 408 g/mol. The van der Waals surface area contributed by atoms with Gasteiger partial charge in [-0.15, -0.1) is 11.3 Å². The molecule has 5 rings (SSSR count). The van der Waals surface area contributed by atoms with Crippen LogP contribution < -0.4 is 15.8 Å². The van der Waals surface area contributed by atoms with E-state index in [-0.39, 0.29) is 18.0 Å². The maximum absolute atomic E-state index is 13.1. The van der Waals surface area contributed by atoms with Crippen molar-refractivity contribution in [3.63, 3.8) is 0 Å². The molecule has 1 N–H and O–H groups in total. The number of nitrogens with one attached hydrogen (secondary N) is 1. The topological polar surface area (TPSA) is 67.2 Å². The molecule has 156 valence electrons. The van der Waals surface area contributed by atoms with Crippen LogP contribution in [0, 0.1) is 0 Å². The number of carbonyl (C=O) groups excluding carboxylic acids is 1. The molecule has 2 aromatic heterocycles. The summed E-state index contributed by atoms with van der Waals surface area (Å²) in [6.07, 6.45) is 3.90. The number of amides is 1. The van der Waals surface area contributed by atoms with Gasteiger partial charge >= 0.3 is 0 Å². The van der Waals surface area contributed by atoms with Crippen molar-refractivity contribution in [2.24, 2.45) is 0 Å². The summed E-state index contributed by atoms with van der Waals surface area (Å²) in [4.78, 5) is 33.1. The summed E-state index contributed by atoms with van der Waals surface area (Å²) in [6.45, 7) is 2.08. The van der Waals surface area contributed by atoms with E-state index >= 15 is 0 Å². The van der Waals surface area contributed by atoms with Crippen molar-refractivity contribution < 1.29 is 4.79 Å². The number of benzene rings is 2. The van der Waals surface area contributed by atoms with Gasteiger partial charge in [0.2, 0.25) is 5.91 Å². The minimum absolute atomic E-state index is 0.0836. The maximum Gasteiger partial charge on any atom is 0.263 e. The van der Waals surface area contributed by atoms with Gasteiger partial charge in [-0.05, 0) is 42.7 Å². The first-order valence-electron chi connectivity index (χ1n) is 10.4. The van der Waals surface area contributed by atoms with Crippen LogP contribution in [-0.4, -0.2) is 28.5 Å². The fourth-order valence-electron chi connectivity index (χ4n) is 4.00. The molecule has 4 aromatic rings. The van der Waals surface area contributed by atoms with Gasteiger partial charge in [0, 0.05) is 35.4 Å². The molecule has 2 aromatic carbocycles. The van der Waals surface area contributed by atoms with Crippen molar-refractivity contribution in [2.45, 2.75) is 19.4 Å². The zero-order valence-electron chi connectivity index (χ0n) is 17.0. The highest BCUT2D eigenvalue weighted by Crippen LogP contribution is 2.30. The van der Waals surface area contributed by atoms with Gasteiger partial charge in [-0.1, -0.05) is 30.3 Å². The van der Waals surface area contributed by atoms with E-state index in [9.17, 15) is 9.59 Å². The largest absolute Gasteiger partial charge is 0.372 e. The van der Waals surface area contributed by atoms with Crippen LogP contribution >= 0.6 is 11.3 Å². The smallest absolute Gasteiger partial charge is 0.263 e. The van der Waals surface area contributed by atoms with Gasteiger partial charge in [0.25, 0.3) is 5.56 Å². The van der Waals surface area contributed by atoms with Gasteiger partial charge in [0.1, 0.15) is 11.4 Å². The van der Waals surface area contributed by atoms with Crippen LogP contribution in [0.3, 0.4) is 0 Å². The highest BCUT2D eigenvalue weighted by Gasteiger charge is 2.15. The summed E-state index contributed by atoms with van der Waals surface area (Å²) in [5.41, 5.74) is 3.51. The van der Waals surface area contributed by atoms with Crippen molar-refractivity contribution in [2.75, 3.05) is 23.3 Å². The molecule has 1 aliphatic rings. The Kier molecular flexibility index (Phi) is 5.26. The monoisotopic (exact) mass is 430 g/mol. The molecule has 0 saturated carbocycles. The standard InChI is InChI=1S/C24H22N4O2S/c29-21(26-18-8-10-19(11-9-18)27-12-4-5-13-27)14-28-16-25-23-22(24(28)30)20(15-31-23)17-6-2-1-3-7-17/h1-3,6-11,15-16H,4-5,12-14H2,(H,26,29). The second kappa shape index (κ2) is 8.35. The first-order valence-corrected chi connectivity index (χ1v) is 11.2. The van der Waals surface area contributed by atoms with Crippen molar-refractivity contribution in [3.05, 3.63) is 76.7 Å². The third-order valence-corrected chi connectivity index (χ3v) is 6.47. The zero-order valence-corrected chi connectivity index (χ0v) is 17.8. The van der Waals surface area contributed by atoms with E-state index in [0.29, 0.717) is 10.2 Å². The number of anilines is 2. The number of hydrogen-bond acceptors (Lipinski definition) is 5. The lowest BCUT2D eigenvalue weighted by atomic mass is 10.1. The maximum atomic E-state index is 13.1. The normalized spacial score (nSPS) is 13.6. The quantitative estimate of drug-likeness (QED) is 0.511. The Morgan fingerprint density at radius 2 is 1.77 bits per heavy atom. The SMILES string of the molecule is O=C(Cn1cnc2scc(-c3ccccc3)c2c1=O)Nc1ccc(N2CCCC2)cc1. The summed E-state index contributed by atoms with van der Waals surface area (Å²) in [7, 11) is 0. The van der Waals surface area contributed by atoms with Crippen LogP contribution in [-0.2, 0) is 11.3 Å². The molecule has 1 saturated heterocycles. The van der Waals surface area contributed by atoms with E-state index < -0.39 is 0 Å². The third-order valence-electron chi connectivity index (χ3n) is 5.58. The van der Waals surface area contributed by atoms with Gasteiger partial charge in [-0.2, -0.15) is 0 Å². The lowest BCUT2D eigenvalue weighted by Crippen LogP contribution is -2.27. The number of rotatable bonds is 5. The number of aromatic nitrogens is 2. The first-order chi connectivity index (χ1) is 15.2. The summed E-state index contributed by atoms with van der Waals surface area (Å²) in [5, 5.41) is 5.38. The van der Waals surface area contributed by atoms with Crippen molar-refractivity contribution in [3.8, 4) is 11.1 Å². The third kappa shape index (κ3) is 3.96. The Morgan fingerprint density at radius 3 is 2.52 bits per heavy atom. The van der Waals surface area contributed by atoms with E-state index in [2.05, 4.69) is 15.2 Å². The molecular formula is C24H22N4O2S. The summed E-state index contributed by atoms with van der Waals surface area (Å²) in [5.74, 6) is -0.256. The zero-order chi connectivity index (χ0) is 21.2. The highest BCUT2D eigenvalue weighted by atomic mass is 32.1. The molecule has 0 unspecified atom stereocenters. The molecule has 3 heterocycles. The minimum atomic E-state index is -0.256. The molecule has 7 heteroatoms. The average molecular weight is 431 g/mol. The second-order valence-corrected chi connectivity index (χ2v) is 8.52. The number of nitrogens with zero attached hydrogens (tertiary/aromatic N) is 3. The van der Waals surface area contributed by atoms with E-state index in [1.165, 1.54) is 40.8 Å². The molecule has 0 atom stereocenters. The predicted octanol–water partition coefficient (Wildman–Crippen LogP) is 4.36. The van der Waals surface area contributed by atoms with Crippen LogP contribution in [0.4, 0.5) is 11.4 Å². The Labute approximate surface area is 183 Å². The van der Waals surface area contributed by atoms with Crippen LogP contribution in [0.2, 0.25) is 0 Å². The Morgan fingerprint density at radius 1 is 1.03 bits per heavy atom. The van der Waals surface area contributed by atoms with Crippen LogP contribution in [0.25, 0.3) is 21.3 Å². The lowest BCUT2D eigenvalue weighted by Gasteiger charge is -2.17. The van der Waals surface area contributed by atoms with Crippen molar-refractivity contribution in [1.29, 1.82) is 0 Å². The second-order valence-electron chi connectivity index (χ2n) is 7.66. The molecule has 1 aliphatic heterocycles. The van der Waals surface area contributed by atoms with Crippen LogP contribution in [0.1, 0.15) is 12.8 Å². The molecule has 0 radical (unpaired) electrons. The molecule has 0 spiro atoms. The fraction of sp³-hybridized carbons (Fsp3) is 0.208. The summed E-state index contributed by atoms with van der Waals surface area (Å²) >= 11 is 1.44. The van der Waals surface area contributed by atoms with E-state index in [1.54, 1.807) is 0 Å². The van der Waals surface area contributed by atoms with E-state index in [0.717, 1.165) is 29.9 Å². The highest BCUT2D eigenvalue weighted by molar-refractivity contribution is 7.17.